The second-order valence-corrected chi connectivity index (χ2v) is 11.5. The molecule has 1 saturated heterocycles. The van der Waals surface area contributed by atoms with Gasteiger partial charge in [0, 0.05) is 18.2 Å². The van der Waals surface area contributed by atoms with Gasteiger partial charge in [0.2, 0.25) is 6.29 Å². The van der Waals surface area contributed by atoms with E-state index in [1.165, 1.54) is 18.1 Å². The molecule has 0 radical (unpaired) electrons. The maximum absolute atomic E-state index is 14.0. The number of ether oxygens (including phenoxy) is 3. The summed E-state index contributed by atoms with van der Waals surface area (Å²) in [5, 5.41) is 53.2. The normalized spacial score (nSPS) is 25.7. The molecule has 43 heavy (non-hydrogen) atoms. The van der Waals surface area contributed by atoms with Gasteiger partial charge in [-0.3, -0.25) is 9.59 Å². The predicted molar refractivity (Wildman–Crippen MR) is 153 cm³/mol. The van der Waals surface area contributed by atoms with Crippen molar-refractivity contribution in [2.24, 2.45) is 0 Å². The number of methoxy groups -OCH3 is 1. The molecule has 2 heterocycles. The van der Waals surface area contributed by atoms with Crippen molar-refractivity contribution in [3.8, 4) is 17.2 Å². The smallest absolute Gasteiger partial charge is 0.254 e. The first kappa shape index (κ1) is 29.3. The molecule has 5 N–H and O–H groups in total. The number of aliphatic hydroxyl groups excluding tert-OH is 4. The van der Waals surface area contributed by atoms with E-state index in [0.29, 0.717) is 22.3 Å². The van der Waals surface area contributed by atoms with Gasteiger partial charge >= 0.3 is 0 Å². The van der Waals surface area contributed by atoms with E-state index in [2.05, 4.69) is 0 Å². The van der Waals surface area contributed by atoms with Crippen molar-refractivity contribution >= 4 is 22.5 Å². The monoisotopic (exact) mass is 593 g/mol. The fourth-order valence-electron chi connectivity index (χ4n) is 6.53. The fraction of sp³-hybridized carbons (Fsp3) is 0.438. The zero-order chi connectivity index (χ0) is 30.4. The summed E-state index contributed by atoms with van der Waals surface area (Å²) in [7, 11) is 1.46. The minimum atomic E-state index is -1.69. The van der Waals surface area contributed by atoms with Gasteiger partial charge < -0.3 is 44.6 Å². The summed E-state index contributed by atoms with van der Waals surface area (Å²) >= 11 is 0. The summed E-state index contributed by atoms with van der Waals surface area (Å²) in [6.07, 6.45) is -4.01. The average Bonchev–Trinajstić information content (AvgIpc) is 3.65. The molecule has 5 atom stereocenters. The largest absolute Gasteiger partial charge is 0.506 e. The molecule has 228 valence electrons. The number of benzene rings is 3. The lowest BCUT2D eigenvalue weighted by molar-refractivity contribution is -0.277. The maximum atomic E-state index is 14.0. The van der Waals surface area contributed by atoms with E-state index in [1.807, 2.05) is 18.2 Å². The van der Waals surface area contributed by atoms with Crippen LogP contribution in [0.25, 0.3) is 10.8 Å². The van der Waals surface area contributed by atoms with Crippen molar-refractivity contribution in [2.75, 3.05) is 20.3 Å². The van der Waals surface area contributed by atoms with E-state index in [0.717, 1.165) is 31.2 Å². The minimum absolute atomic E-state index is 0.00662. The second-order valence-electron chi connectivity index (χ2n) is 11.5. The number of aliphatic hydroxyl groups is 4. The third-order valence-corrected chi connectivity index (χ3v) is 8.81. The van der Waals surface area contributed by atoms with Crippen molar-refractivity contribution < 1.29 is 49.3 Å². The number of phenols is 1. The van der Waals surface area contributed by atoms with E-state index >= 15 is 0 Å². The number of amides is 1. The van der Waals surface area contributed by atoms with Crippen LogP contribution in [-0.4, -0.2) is 93.1 Å². The van der Waals surface area contributed by atoms with Crippen LogP contribution in [0, 0.1) is 0 Å². The average molecular weight is 594 g/mol. The van der Waals surface area contributed by atoms with E-state index in [1.54, 1.807) is 18.2 Å². The molecule has 2 aliphatic heterocycles. The first-order valence-electron chi connectivity index (χ1n) is 14.5. The molecule has 0 spiro atoms. The Balaban J connectivity index is 1.43. The van der Waals surface area contributed by atoms with Gasteiger partial charge in [0.1, 0.15) is 41.7 Å². The number of carbonyl (C=O) groups excluding carboxylic acids is 2. The zero-order valence-electron chi connectivity index (χ0n) is 23.7. The van der Waals surface area contributed by atoms with Crippen LogP contribution >= 0.6 is 0 Å². The van der Waals surface area contributed by atoms with Gasteiger partial charge in [-0.25, -0.2) is 0 Å². The quantitative estimate of drug-likeness (QED) is 0.245. The maximum Gasteiger partial charge on any atom is 0.254 e. The van der Waals surface area contributed by atoms with Gasteiger partial charge in [-0.15, -0.1) is 0 Å². The number of hydrogen-bond acceptors (Lipinski definition) is 10. The molecule has 3 aliphatic rings. The molecule has 11 nitrogen and oxygen atoms in total. The molecular weight excluding hydrogens is 558 g/mol. The van der Waals surface area contributed by atoms with Crippen LogP contribution in [0.4, 0.5) is 0 Å². The van der Waals surface area contributed by atoms with Crippen LogP contribution in [0.3, 0.4) is 0 Å². The molecule has 11 heteroatoms. The van der Waals surface area contributed by atoms with Gasteiger partial charge in [-0.1, -0.05) is 31.0 Å². The second kappa shape index (κ2) is 11.7. The Bertz CT molecular complexity index is 1550. The molecule has 3 aromatic rings. The van der Waals surface area contributed by atoms with E-state index in [4.69, 9.17) is 14.2 Å². The third-order valence-electron chi connectivity index (χ3n) is 8.81. The van der Waals surface area contributed by atoms with E-state index in [9.17, 15) is 35.1 Å². The number of Topliss-reactive ketones (excluding diaryl/α,β-unsaturated/α-hetero) is 1. The van der Waals surface area contributed by atoms with Crippen LogP contribution in [0.2, 0.25) is 0 Å². The molecule has 1 aliphatic carbocycles. The van der Waals surface area contributed by atoms with Gasteiger partial charge in [-0.05, 0) is 53.5 Å². The molecule has 0 bridgehead atoms. The lowest BCUT2D eigenvalue weighted by Crippen LogP contribution is -2.60. The standard InChI is InChI=1S/C32H35NO10/c1-41-19-10-18-11-21(16-6-2-3-7-16)26(22(35)14-33-13-17-8-4-5-9-20(17)31(33)40)28(37)25(18)23(12-19)42-32-30(39)29(38)27(36)24(15-34)43-32/h4-5,8-12,16,24,27,29-30,32,34,36-39H,2-3,6-7,13-15H2,1H3. The summed E-state index contributed by atoms with van der Waals surface area (Å²) in [5.74, 6) is -0.617. The molecule has 5 unspecified atom stereocenters. The van der Waals surface area contributed by atoms with Gasteiger partial charge in [0.05, 0.1) is 31.2 Å². The van der Waals surface area contributed by atoms with Gasteiger partial charge in [0.25, 0.3) is 5.91 Å². The highest BCUT2D eigenvalue weighted by Gasteiger charge is 2.45. The Morgan fingerprint density at radius 3 is 2.49 bits per heavy atom. The zero-order valence-corrected chi connectivity index (χ0v) is 23.7. The molecule has 3 aromatic carbocycles. The Kier molecular flexibility index (Phi) is 8.01. The fourth-order valence-corrected chi connectivity index (χ4v) is 6.53. The topological polar surface area (TPSA) is 166 Å². The number of aromatic hydroxyl groups is 1. The number of rotatable bonds is 8. The van der Waals surface area contributed by atoms with Crippen LogP contribution in [-0.2, 0) is 11.3 Å². The highest BCUT2D eigenvalue weighted by atomic mass is 16.7. The van der Waals surface area contributed by atoms with Gasteiger partial charge in [-0.2, -0.15) is 0 Å². The van der Waals surface area contributed by atoms with E-state index in [-0.39, 0.29) is 47.4 Å². The predicted octanol–water partition coefficient (Wildman–Crippen LogP) is 2.23. The molecule has 1 amide bonds. The van der Waals surface area contributed by atoms with Crippen molar-refractivity contribution in [3.05, 3.63) is 64.7 Å². The summed E-state index contributed by atoms with van der Waals surface area (Å²) in [6.45, 7) is -0.584. The highest BCUT2D eigenvalue weighted by molar-refractivity contribution is 6.10. The molecule has 2 fully saturated rings. The number of carbonyl (C=O) groups is 2. The summed E-state index contributed by atoms with van der Waals surface area (Å²) in [6, 6.07) is 12.2. The molecule has 0 aromatic heterocycles. The highest BCUT2D eigenvalue weighted by Crippen LogP contribution is 2.46. The van der Waals surface area contributed by atoms with Crippen LogP contribution in [0.15, 0.2) is 42.5 Å². The Morgan fingerprint density at radius 1 is 1.05 bits per heavy atom. The minimum Gasteiger partial charge on any atom is -0.506 e. The molecular formula is C32H35NO10. The third kappa shape index (κ3) is 5.21. The number of ketones is 1. The number of hydrogen-bond donors (Lipinski definition) is 5. The Morgan fingerprint density at radius 2 is 1.79 bits per heavy atom. The van der Waals surface area contributed by atoms with Crippen molar-refractivity contribution in [1.29, 1.82) is 0 Å². The Hall–Kier alpha value is -3.74. The molecule has 1 saturated carbocycles. The van der Waals surface area contributed by atoms with Crippen molar-refractivity contribution in [3.63, 3.8) is 0 Å². The first-order valence-corrected chi connectivity index (χ1v) is 14.5. The summed E-state index contributed by atoms with van der Waals surface area (Å²) < 4.78 is 17.0. The first-order chi connectivity index (χ1) is 20.7. The summed E-state index contributed by atoms with van der Waals surface area (Å²) in [5.41, 5.74) is 2.17. The Labute approximate surface area is 247 Å². The SMILES string of the molecule is COc1cc(OC2OC(CO)C(O)C(O)C2O)c2c(O)c(C(=O)CN3Cc4ccccc4C3=O)c(C3CCCC3)cc2c1. The van der Waals surface area contributed by atoms with Crippen LogP contribution in [0.5, 0.6) is 17.2 Å². The van der Waals surface area contributed by atoms with Gasteiger partial charge in [0.15, 0.2) is 5.78 Å². The lowest BCUT2D eigenvalue weighted by Gasteiger charge is -2.39. The van der Waals surface area contributed by atoms with Crippen LogP contribution < -0.4 is 9.47 Å². The van der Waals surface area contributed by atoms with Crippen molar-refractivity contribution in [2.45, 2.75) is 68.9 Å². The van der Waals surface area contributed by atoms with Crippen molar-refractivity contribution in [1.82, 2.24) is 4.90 Å². The number of phenolic OH excluding ortho intramolecular Hbond substituents is 1. The summed E-state index contributed by atoms with van der Waals surface area (Å²) in [4.78, 5) is 28.5. The van der Waals surface area contributed by atoms with E-state index < -0.39 is 43.1 Å². The van der Waals surface area contributed by atoms with Crippen LogP contribution in [0.1, 0.15) is 63.4 Å². The number of fused-ring (bicyclic) bond motifs is 2. The molecule has 6 rings (SSSR count). The number of nitrogens with zero attached hydrogens (tertiary/aromatic N) is 1. The lowest BCUT2D eigenvalue weighted by atomic mass is 9.87.